The Morgan fingerprint density at radius 3 is 1.00 bits per heavy atom. The van der Waals surface area contributed by atoms with E-state index in [1.165, 1.54) is 0 Å². The van der Waals surface area contributed by atoms with Crippen molar-refractivity contribution in [2.24, 2.45) is 0 Å². The Labute approximate surface area is 231 Å². The predicted molar refractivity (Wildman–Crippen MR) is 157 cm³/mol. The van der Waals surface area contributed by atoms with Crippen LogP contribution in [0.3, 0.4) is 0 Å². The molecule has 0 fully saturated rings. The van der Waals surface area contributed by atoms with Gasteiger partial charge in [0, 0.05) is 21.8 Å². The molecule has 0 N–H and O–H groups in total. The molecule has 0 aliphatic carbocycles. The fourth-order valence-electron chi connectivity index (χ4n) is 3.97. The van der Waals surface area contributed by atoms with Crippen LogP contribution in [0.15, 0.2) is 121 Å². The van der Waals surface area contributed by atoms with E-state index >= 15 is 0 Å². The lowest BCUT2D eigenvalue weighted by molar-refractivity contribution is 0.0906. The molecule has 0 aromatic heterocycles. The summed E-state index contributed by atoms with van der Waals surface area (Å²) in [5.41, 5.74) is 2.53. The topological polar surface area (TPSA) is 34.1 Å². The highest BCUT2D eigenvalue weighted by atomic mass is 79.9. The maximum absolute atomic E-state index is 12.7. The third-order valence-electron chi connectivity index (χ3n) is 6.43. The third-order valence-corrected chi connectivity index (χ3v) is 8.67. The van der Waals surface area contributed by atoms with Gasteiger partial charge >= 0.3 is 0 Å². The molecule has 0 bridgehead atoms. The second-order valence-electron chi connectivity index (χ2n) is 9.05. The molecular weight excluding hydrogens is 576 g/mol. The van der Waals surface area contributed by atoms with Crippen molar-refractivity contribution >= 4 is 43.4 Å². The van der Waals surface area contributed by atoms with Crippen LogP contribution in [0.5, 0.6) is 0 Å². The fraction of sp³-hybridized carbons (Fsp3) is 0.188. The molecule has 0 heterocycles. The highest BCUT2D eigenvalue weighted by Crippen LogP contribution is 2.31. The van der Waals surface area contributed by atoms with E-state index in [9.17, 15) is 9.59 Å². The Bertz CT molecular complexity index is 1140. The van der Waals surface area contributed by atoms with Crippen LogP contribution in [-0.2, 0) is 10.8 Å². The SMILES string of the molecule is C[C@@](CBr)(C(=O)c1ccccc1)c1ccccc1.C[C@@](CBr)(C(=O)c1ccccc1)c1ccccc1. The van der Waals surface area contributed by atoms with Crippen molar-refractivity contribution in [2.45, 2.75) is 24.7 Å². The molecule has 4 aromatic carbocycles. The van der Waals surface area contributed by atoms with Crippen molar-refractivity contribution < 1.29 is 9.59 Å². The van der Waals surface area contributed by atoms with Gasteiger partial charge in [-0.15, -0.1) is 0 Å². The number of hydrogen-bond acceptors (Lipinski definition) is 2. The number of alkyl halides is 2. The van der Waals surface area contributed by atoms with Crippen LogP contribution in [0.25, 0.3) is 0 Å². The Morgan fingerprint density at radius 1 is 0.500 bits per heavy atom. The summed E-state index contributed by atoms with van der Waals surface area (Å²) in [7, 11) is 0. The maximum atomic E-state index is 12.7. The van der Waals surface area contributed by atoms with E-state index in [-0.39, 0.29) is 11.6 Å². The average Bonchev–Trinajstić information content (AvgIpc) is 2.97. The van der Waals surface area contributed by atoms with Crippen molar-refractivity contribution in [2.75, 3.05) is 10.7 Å². The van der Waals surface area contributed by atoms with E-state index in [1.807, 2.05) is 135 Å². The highest BCUT2D eigenvalue weighted by molar-refractivity contribution is 9.09. The quantitative estimate of drug-likeness (QED) is 0.149. The fourth-order valence-corrected chi connectivity index (χ4v) is 5.12. The Balaban J connectivity index is 0.000000201. The molecule has 0 unspecified atom stereocenters. The van der Waals surface area contributed by atoms with E-state index in [0.717, 1.165) is 22.3 Å². The Morgan fingerprint density at radius 2 is 0.750 bits per heavy atom. The second kappa shape index (κ2) is 12.9. The van der Waals surface area contributed by atoms with E-state index in [4.69, 9.17) is 0 Å². The first-order chi connectivity index (χ1) is 17.4. The second-order valence-corrected chi connectivity index (χ2v) is 10.2. The minimum absolute atomic E-state index is 0.145. The molecular formula is C32H30Br2O2. The van der Waals surface area contributed by atoms with E-state index < -0.39 is 10.8 Å². The minimum Gasteiger partial charge on any atom is -0.293 e. The van der Waals surface area contributed by atoms with Crippen molar-refractivity contribution in [1.29, 1.82) is 0 Å². The molecule has 4 aromatic rings. The summed E-state index contributed by atoms with van der Waals surface area (Å²) in [5.74, 6) is 0.289. The van der Waals surface area contributed by atoms with Gasteiger partial charge in [-0.25, -0.2) is 0 Å². The first kappa shape index (κ1) is 27.8. The monoisotopic (exact) mass is 604 g/mol. The molecule has 0 aliphatic rings. The van der Waals surface area contributed by atoms with Crippen molar-refractivity contribution in [3.8, 4) is 0 Å². The summed E-state index contributed by atoms with van der Waals surface area (Å²) < 4.78 is 0. The van der Waals surface area contributed by atoms with Gasteiger partial charge in [-0.2, -0.15) is 0 Å². The van der Waals surface area contributed by atoms with Crippen molar-refractivity contribution in [1.82, 2.24) is 0 Å². The van der Waals surface area contributed by atoms with Crippen molar-refractivity contribution in [3.63, 3.8) is 0 Å². The van der Waals surface area contributed by atoms with Gasteiger partial charge in [0.2, 0.25) is 0 Å². The number of halogens is 2. The molecule has 0 spiro atoms. The van der Waals surface area contributed by atoms with Gasteiger partial charge in [0.1, 0.15) is 0 Å². The van der Waals surface area contributed by atoms with Crippen molar-refractivity contribution in [3.05, 3.63) is 144 Å². The van der Waals surface area contributed by atoms with E-state index in [1.54, 1.807) is 0 Å². The maximum Gasteiger partial charge on any atom is 0.173 e. The lowest BCUT2D eigenvalue weighted by Gasteiger charge is -2.26. The van der Waals surface area contributed by atoms with Crippen LogP contribution in [0.2, 0.25) is 0 Å². The first-order valence-corrected chi connectivity index (χ1v) is 14.0. The molecule has 2 nitrogen and oxygen atoms in total. The molecule has 0 saturated heterocycles. The highest BCUT2D eigenvalue weighted by Gasteiger charge is 2.35. The summed E-state index contributed by atoms with van der Waals surface area (Å²) in [6.07, 6.45) is 0. The summed E-state index contributed by atoms with van der Waals surface area (Å²) >= 11 is 6.97. The van der Waals surface area contributed by atoms with Crippen LogP contribution < -0.4 is 0 Å². The summed E-state index contributed by atoms with van der Waals surface area (Å²) in [6, 6.07) is 38.7. The van der Waals surface area contributed by atoms with Crippen LogP contribution in [0, 0.1) is 0 Å². The van der Waals surface area contributed by atoms with Crippen LogP contribution in [0.4, 0.5) is 0 Å². The zero-order chi connectivity index (χ0) is 26.0. The summed E-state index contributed by atoms with van der Waals surface area (Å²) in [4.78, 5) is 25.3. The number of rotatable bonds is 8. The standard InChI is InChI=1S/2C16H15BrO/c2*1-16(12-17,14-10-6-3-7-11-14)15(18)13-8-4-2-5-9-13/h2*2-11H,12H2,1H3/t2*16-/m00/s1. The van der Waals surface area contributed by atoms with Crippen LogP contribution in [-0.4, -0.2) is 22.2 Å². The molecule has 4 heteroatoms. The van der Waals surface area contributed by atoms with Gasteiger partial charge < -0.3 is 0 Å². The average molecular weight is 606 g/mol. The number of carbonyl (C=O) groups is 2. The minimum atomic E-state index is -0.525. The molecule has 4 rings (SSSR count). The molecule has 0 radical (unpaired) electrons. The summed E-state index contributed by atoms with van der Waals surface area (Å²) in [6.45, 7) is 3.96. The molecule has 36 heavy (non-hydrogen) atoms. The number of hydrogen-bond donors (Lipinski definition) is 0. The van der Waals surface area contributed by atoms with Crippen LogP contribution in [0.1, 0.15) is 45.7 Å². The number of ketones is 2. The lowest BCUT2D eigenvalue weighted by atomic mass is 9.78. The molecule has 184 valence electrons. The van der Waals surface area contributed by atoms with Gasteiger partial charge in [-0.05, 0) is 25.0 Å². The third kappa shape index (κ3) is 6.29. The van der Waals surface area contributed by atoms with E-state index in [2.05, 4.69) is 31.9 Å². The molecule has 0 amide bonds. The molecule has 2 atom stereocenters. The number of carbonyl (C=O) groups excluding carboxylic acids is 2. The Kier molecular flexibility index (Phi) is 9.98. The number of Topliss-reactive ketones (excluding diaryl/α,β-unsaturated/α-hetero) is 2. The largest absolute Gasteiger partial charge is 0.293 e. The van der Waals surface area contributed by atoms with Gasteiger partial charge in [0.05, 0.1) is 10.8 Å². The summed E-state index contributed by atoms with van der Waals surface area (Å²) in [5, 5.41) is 1.22. The van der Waals surface area contributed by atoms with Gasteiger partial charge in [0.25, 0.3) is 0 Å². The van der Waals surface area contributed by atoms with E-state index in [0.29, 0.717) is 10.7 Å². The Hall–Kier alpha value is -2.82. The first-order valence-electron chi connectivity index (χ1n) is 11.8. The van der Waals surface area contributed by atoms with Gasteiger partial charge in [-0.3, -0.25) is 9.59 Å². The molecule has 0 saturated carbocycles. The molecule has 0 aliphatic heterocycles. The number of benzene rings is 4. The normalized spacial score (nSPS) is 13.9. The zero-order valence-corrected chi connectivity index (χ0v) is 23.7. The van der Waals surface area contributed by atoms with Gasteiger partial charge in [0.15, 0.2) is 11.6 Å². The smallest absolute Gasteiger partial charge is 0.173 e. The predicted octanol–water partition coefficient (Wildman–Crippen LogP) is 8.44. The zero-order valence-electron chi connectivity index (χ0n) is 20.5. The van der Waals surface area contributed by atoms with Crippen LogP contribution >= 0.6 is 31.9 Å². The van der Waals surface area contributed by atoms with Gasteiger partial charge in [-0.1, -0.05) is 153 Å². The lowest BCUT2D eigenvalue weighted by Crippen LogP contribution is -2.34.